The number of aryl methyl sites for hydroxylation is 1. The zero-order valence-corrected chi connectivity index (χ0v) is 13.9. The molecule has 1 aliphatic heterocycles. The zero-order chi connectivity index (χ0) is 16.1. The van der Waals surface area contributed by atoms with Crippen LogP contribution in [-0.2, 0) is 10.0 Å². The number of sulfonamides is 1. The molecule has 8 heteroatoms. The second-order valence-corrected chi connectivity index (χ2v) is 7.55. The summed E-state index contributed by atoms with van der Waals surface area (Å²) in [5.74, 6) is 0.494. The number of anilines is 2. The van der Waals surface area contributed by atoms with Gasteiger partial charge in [-0.25, -0.2) is 13.2 Å². The smallest absolute Gasteiger partial charge is 0.343 e. The van der Waals surface area contributed by atoms with Crippen molar-refractivity contribution in [2.24, 2.45) is 0 Å². The van der Waals surface area contributed by atoms with Gasteiger partial charge in [-0.15, -0.1) is 11.3 Å². The minimum Gasteiger partial charge on any atom is -0.497 e. The number of thiophene rings is 1. The highest BCUT2D eigenvalue weighted by Gasteiger charge is 2.41. The Morgan fingerprint density at radius 2 is 1.95 bits per heavy atom. The summed E-state index contributed by atoms with van der Waals surface area (Å²) >= 11 is 1.22. The third kappa shape index (κ3) is 2.06. The molecule has 0 aliphatic carbocycles. The van der Waals surface area contributed by atoms with Crippen LogP contribution in [0, 0.1) is 6.92 Å². The summed E-state index contributed by atoms with van der Waals surface area (Å²) in [7, 11) is -0.901. The minimum atomic E-state index is -3.93. The van der Waals surface area contributed by atoms with Crippen LogP contribution >= 0.6 is 11.3 Å². The summed E-state index contributed by atoms with van der Waals surface area (Å²) in [4.78, 5) is 13.9. The SMILES string of the molecule is COc1ccc2c(c1)N(C)C(=O)N(c1cc(C)cs1)S2(=O)=O. The Morgan fingerprint density at radius 1 is 1.23 bits per heavy atom. The van der Waals surface area contributed by atoms with Crippen LogP contribution in [0.4, 0.5) is 15.5 Å². The second kappa shape index (κ2) is 4.99. The lowest BCUT2D eigenvalue weighted by Crippen LogP contribution is -2.49. The third-order valence-electron chi connectivity index (χ3n) is 3.42. The van der Waals surface area contributed by atoms with Crippen molar-refractivity contribution in [2.75, 3.05) is 23.4 Å². The van der Waals surface area contributed by atoms with Gasteiger partial charge in [0.2, 0.25) is 0 Å². The van der Waals surface area contributed by atoms with Gasteiger partial charge in [0.05, 0.1) is 12.8 Å². The molecule has 0 N–H and O–H groups in total. The molecule has 0 saturated carbocycles. The Balaban J connectivity index is 2.23. The van der Waals surface area contributed by atoms with Gasteiger partial charge in [0.1, 0.15) is 15.6 Å². The van der Waals surface area contributed by atoms with E-state index in [2.05, 4.69) is 0 Å². The van der Waals surface area contributed by atoms with Crippen molar-refractivity contribution in [2.45, 2.75) is 11.8 Å². The average molecular weight is 338 g/mol. The molecule has 0 fully saturated rings. The van der Waals surface area contributed by atoms with E-state index in [4.69, 9.17) is 4.74 Å². The van der Waals surface area contributed by atoms with Crippen LogP contribution in [0.15, 0.2) is 34.5 Å². The van der Waals surface area contributed by atoms with Crippen LogP contribution in [0.3, 0.4) is 0 Å². The number of carbonyl (C=O) groups excluding carboxylic acids is 1. The number of ether oxygens (including phenoxy) is 1. The molecule has 0 radical (unpaired) electrons. The van der Waals surface area contributed by atoms with Gasteiger partial charge in [-0.1, -0.05) is 0 Å². The number of fused-ring (bicyclic) bond motifs is 1. The summed E-state index contributed by atoms with van der Waals surface area (Å²) in [6.45, 7) is 1.85. The number of carbonyl (C=O) groups is 1. The predicted octanol–water partition coefficient (Wildman–Crippen LogP) is 2.83. The molecule has 2 amide bonds. The second-order valence-electron chi connectivity index (χ2n) is 4.91. The molecule has 0 unspecified atom stereocenters. The number of hydrogen-bond donors (Lipinski definition) is 0. The number of amides is 2. The Bertz CT molecular complexity index is 857. The van der Waals surface area contributed by atoms with Gasteiger partial charge in [0.25, 0.3) is 10.0 Å². The van der Waals surface area contributed by atoms with Crippen LogP contribution in [0.5, 0.6) is 5.75 Å². The molecule has 0 spiro atoms. The first-order valence-corrected chi connectivity index (χ1v) is 8.74. The van der Waals surface area contributed by atoms with Gasteiger partial charge >= 0.3 is 6.03 Å². The Kier molecular flexibility index (Phi) is 3.37. The van der Waals surface area contributed by atoms with Gasteiger partial charge < -0.3 is 4.74 Å². The fraction of sp³-hybridized carbons (Fsp3) is 0.214. The molecule has 0 atom stereocenters. The number of rotatable bonds is 2. The summed E-state index contributed by atoms with van der Waals surface area (Å²) in [5.41, 5.74) is 1.22. The van der Waals surface area contributed by atoms with Crippen molar-refractivity contribution in [3.05, 3.63) is 35.2 Å². The topological polar surface area (TPSA) is 66.9 Å². The molecule has 2 heterocycles. The van der Waals surface area contributed by atoms with E-state index in [-0.39, 0.29) is 4.90 Å². The monoisotopic (exact) mass is 338 g/mol. The summed E-state index contributed by atoms with van der Waals surface area (Å²) in [6.07, 6.45) is 0. The molecule has 1 aliphatic rings. The van der Waals surface area contributed by atoms with Crippen molar-refractivity contribution >= 4 is 38.1 Å². The van der Waals surface area contributed by atoms with Crippen molar-refractivity contribution in [1.29, 1.82) is 0 Å². The maximum absolute atomic E-state index is 12.8. The van der Waals surface area contributed by atoms with Crippen molar-refractivity contribution in [3.63, 3.8) is 0 Å². The fourth-order valence-electron chi connectivity index (χ4n) is 2.28. The van der Waals surface area contributed by atoms with Gasteiger partial charge in [0.15, 0.2) is 0 Å². The Labute approximate surface area is 132 Å². The molecule has 2 aromatic rings. The van der Waals surface area contributed by atoms with Crippen LogP contribution in [0.25, 0.3) is 0 Å². The van der Waals surface area contributed by atoms with E-state index in [0.29, 0.717) is 16.4 Å². The average Bonchev–Trinajstić information content (AvgIpc) is 2.90. The normalized spacial score (nSPS) is 16.6. The van der Waals surface area contributed by atoms with E-state index in [9.17, 15) is 13.2 Å². The van der Waals surface area contributed by atoms with Crippen molar-refractivity contribution in [3.8, 4) is 5.75 Å². The first kappa shape index (κ1) is 14.9. The summed E-state index contributed by atoms with van der Waals surface area (Å²) in [5, 5.41) is 2.19. The van der Waals surface area contributed by atoms with E-state index in [1.54, 1.807) is 25.2 Å². The molecule has 0 bridgehead atoms. The zero-order valence-electron chi connectivity index (χ0n) is 12.2. The predicted molar refractivity (Wildman–Crippen MR) is 85.5 cm³/mol. The molecular weight excluding hydrogens is 324 g/mol. The highest BCUT2D eigenvalue weighted by molar-refractivity contribution is 7.94. The molecule has 116 valence electrons. The summed E-state index contributed by atoms with van der Waals surface area (Å²) in [6, 6.07) is 5.64. The minimum absolute atomic E-state index is 0.0847. The standard InChI is InChI=1S/C14H14N2O4S2/c1-9-6-13(21-8-9)16-14(17)15(2)11-7-10(20-3)4-5-12(11)22(16,18)19/h4-8H,1-3H3. The highest BCUT2D eigenvalue weighted by atomic mass is 32.2. The number of urea groups is 1. The lowest BCUT2D eigenvalue weighted by atomic mass is 10.3. The highest BCUT2D eigenvalue weighted by Crippen LogP contribution is 2.40. The first-order valence-electron chi connectivity index (χ1n) is 6.42. The number of benzene rings is 1. The van der Waals surface area contributed by atoms with E-state index in [0.717, 1.165) is 9.87 Å². The fourth-order valence-corrected chi connectivity index (χ4v) is 5.02. The molecule has 1 aromatic heterocycles. The van der Waals surface area contributed by atoms with Gasteiger partial charge in [-0.05, 0) is 36.1 Å². The van der Waals surface area contributed by atoms with E-state index in [1.807, 2.05) is 12.3 Å². The third-order valence-corrected chi connectivity index (χ3v) is 6.31. The molecule has 0 saturated heterocycles. The summed E-state index contributed by atoms with van der Waals surface area (Å²) < 4.78 is 31.6. The van der Waals surface area contributed by atoms with Crippen LogP contribution in [-0.4, -0.2) is 28.6 Å². The number of nitrogens with zero attached hydrogens (tertiary/aromatic N) is 2. The van der Waals surface area contributed by atoms with Crippen LogP contribution < -0.4 is 13.9 Å². The molecule has 3 rings (SSSR count). The van der Waals surface area contributed by atoms with Gasteiger partial charge in [-0.3, -0.25) is 4.90 Å². The van der Waals surface area contributed by atoms with E-state index >= 15 is 0 Å². The van der Waals surface area contributed by atoms with E-state index < -0.39 is 16.1 Å². The van der Waals surface area contributed by atoms with E-state index in [1.165, 1.54) is 29.4 Å². The maximum Gasteiger partial charge on any atom is 0.343 e. The Hall–Kier alpha value is -2.06. The molecule has 6 nitrogen and oxygen atoms in total. The maximum atomic E-state index is 12.8. The number of methoxy groups -OCH3 is 1. The lowest BCUT2D eigenvalue weighted by Gasteiger charge is -2.33. The molecular formula is C14H14N2O4S2. The van der Waals surface area contributed by atoms with Crippen LogP contribution in [0.1, 0.15) is 5.56 Å². The quantitative estimate of drug-likeness (QED) is 0.844. The van der Waals surface area contributed by atoms with Crippen LogP contribution in [0.2, 0.25) is 0 Å². The van der Waals surface area contributed by atoms with Gasteiger partial charge in [-0.2, -0.15) is 4.31 Å². The lowest BCUT2D eigenvalue weighted by molar-refractivity contribution is 0.255. The first-order chi connectivity index (χ1) is 10.4. The molecule has 22 heavy (non-hydrogen) atoms. The van der Waals surface area contributed by atoms with Gasteiger partial charge in [0, 0.05) is 13.1 Å². The largest absolute Gasteiger partial charge is 0.497 e. The van der Waals surface area contributed by atoms with Crippen molar-refractivity contribution < 1.29 is 17.9 Å². The van der Waals surface area contributed by atoms with Crippen molar-refractivity contribution in [1.82, 2.24) is 0 Å². The number of hydrogen-bond acceptors (Lipinski definition) is 5. The molecule has 1 aromatic carbocycles. The Morgan fingerprint density at radius 3 is 2.55 bits per heavy atom.